The molecule has 3 N–H and O–H groups in total. The third-order valence-corrected chi connectivity index (χ3v) is 3.82. The highest BCUT2D eigenvalue weighted by atomic mass is 35.5. The second-order valence-electron chi connectivity index (χ2n) is 5.53. The first-order valence-corrected chi connectivity index (χ1v) is 7.35. The lowest BCUT2D eigenvalue weighted by molar-refractivity contribution is -0.125. The van der Waals surface area contributed by atoms with Crippen LogP contribution in [0.5, 0.6) is 5.75 Å². The molecular formula is C16H25ClN2O2. The molecule has 5 heteroatoms. The van der Waals surface area contributed by atoms with E-state index in [9.17, 15) is 4.79 Å². The van der Waals surface area contributed by atoms with Crippen LogP contribution in [0.3, 0.4) is 0 Å². The molecule has 1 aromatic rings. The van der Waals surface area contributed by atoms with Crippen LogP contribution in [0, 0.1) is 12.8 Å². The van der Waals surface area contributed by atoms with Crippen molar-refractivity contribution in [1.29, 1.82) is 0 Å². The predicted molar refractivity (Wildman–Crippen MR) is 86.8 cm³/mol. The SMILES string of the molecule is CCOc1cc(C)ccc1CNC(=O)C1CCC(N)C1.Cl. The fourth-order valence-electron chi connectivity index (χ4n) is 2.68. The van der Waals surface area contributed by atoms with Crippen molar-refractivity contribution in [1.82, 2.24) is 5.32 Å². The van der Waals surface area contributed by atoms with Gasteiger partial charge in [0.1, 0.15) is 5.75 Å². The summed E-state index contributed by atoms with van der Waals surface area (Å²) in [5, 5.41) is 3.01. The van der Waals surface area contributed by atoms with Gasteiger partial charge >= 0.3 is 0 Å². The number of hydrogen-bond acceptors (Lipinski definition) is 3. The Kier molecular flexibility index (Phi) is 6.99. The van der Waals surface area contributed by atoms with Gasteiger partial charge in [-0.1, -0.05) is 12.1 Å². The first-order valence-electron chi connectivity index (χ1n) is 7.35. The van der Waals surface area contributed by atoms with Crippen LogP contribution in [0.25, 0.3) is 0 Å². The number of nitrogens with one attached hydrogen (secondary N) is 1. The van der Waals surface area contributed by atoms with Crippen molar-refractivity contribution in [2.75, 3.05) is 6.61 Å². The number of halogens is 1. The van der Waals surface area contributed by atoms with Gasteiger partial charge in [0.25, 0.3) is 0 Å². The molecule has 0 bridgehead atoms. The van der Waals surface area contributed by atoms with E-state index in [0.29, 0.717) is 13.2 Å². The number of aryl methyl sites for hydroxylation is 1. The Morgan fingerprint density at radius 1 is 1.43 bits per heavy atom. The summed E-state index contributed by atoms with van der Waals surface area (Å²) in [5.74, 6) is 1.04. The van der Waals surface area contributed by atoms with E-state index in [0.717, 1.165) is 36.1 Å². The summed E-state index contributed by atoms with van der Waals surface area (Å²) in [6, 6.07) is 6.25. The fraction of sp³-hybridized carbons (Fsp3) is 0.562. The zero-order valence-corrected chi connectivity index (χ0v) is 13.5. The van der Waals surface area contributed by atoms with Crippen molar-refractivity contribution >= 4 is 18.3 Å². The third-order valence-electron chi connectivity index (χ3n) is 3.82. The quantitative estimate of drug-likeness (QED) is 0.878. The van der Waals surface area contributed by atoms with Crippen LogP contribution in [0.1, 0.15) is 37.3 Å². The molecule has 1 saturated carbocycles. The standard InChI is InChI=1S/C16H24N2O2.ClH/c1-3-20-15-8-11(2)4-5-13(15)10-18-16(19)12-6-7-14(17)9-12;/h4-5,8,12,14H,3,6-7,9-10,17H2,1-2H3,(H,18,19);1H. The van der Waals surface area contributed by atoms with Crippen molar-refractivity contribution in [3.8, 4) is 5.75 Å². The Hall–Kier alpha value is -1.26. The van der Waals surface area contributed by atoms with Gasteiger partial charge in [-0.25, -0.2) is 0 Å². The van der Waals surface area contributed by atoms with Crippen LogP contribution in [0.15, 0.2) is 18.2 Å². The van der Waals surface area contributed by atoms with Crippen LogP contribution < -0.4 is 15.8 Å². The van der Waals surface area contributed by atoms with E-state index < -0.39 is 0 Å². The molecule has 0 aliphatic heterocycles. The summed E-state index contributed by atoms with van der Waals surface area (Å²) < 4.78 is 5.62. The van der Waals surface area contributed by atoms with Crippen molar-refractivity contribution in [3.63, 3.8) is 0 Å². The van der Waals surface area contributed by atoms with E-state index in [1.54, 1.807) is 0 Å². The van der Waals surface area contributed by atoms with Crippen LogP contribution in [0.4, 0.5) is 0 Å². The first kappa shape index (κ1) is 17.8. The van der Waals surface area contributed by atoms with Gasteiger partial charge < -0.3 is 15.8 Å². The average molecular weight is 313 g/mol. The minimum atomic E-state index is 0. The van der Waals surface area contributed by atoms with Gasteiger partial charge in [-0.3, -0.25) is 4.79 Å². The number of rotatable bonds is 5. The molecule has 2 rings (SSSR count). The monoisotopic (exact) mass is 312 g/mol. The zero-order chi connectivity index (χ0) is 14.5. The molecule has 1 aliphatic carbocycles. The smallest absolute Gasteiger partial charge is 0.223 e. The summed E-state index contributed by atoms with van der Waals surface area (Å²) in [7, 11) is 0. The highest BCUT2D eigenvalue weighted by Gasteiger charge is 2.27. The van der Waals surface area contributed by atoms with E-state index in [2.05, 4.69) is 5.32 Å². The van der Waals surface area contributed by atoms with E-state index >= 15 is 0 Å². The lowest BCUT2D eigenvalue weighted by Crippen LogP contribution is -2.30. The summed E-state index contributed by atoms with van der Waals surface area (Å²) in [5.41, 5.74) is 8.03. The van der Waals surface area contributed by atoms with Gasteiger partial charge in [0.2, 0.25) is 5.91 Å². The molecule has 4 nitrogen and oxygen atoms in total. The molecule has 0 heterocycles. The molecule has 2 atom stereocenters. The van der Waals surface area contributed by atoms with E-state index in [4.69, 9.17) is 10.5 Å². The summed E-state index contributed by atoms with van der Waals surface area (Å²) in [4.78, 5) is 12.1. The first-order chi connectivity index (χ1) is 9.60. The minimum absolute atomic E-state index is 0. The normalized spacial score (nSPS) is 20.7. The lowest BCUT2D eigenvalue weighted by Gasteiger charge is -2.14. The molecule has 1 amide bonds. The number of ether oxygens (including phenoxy) is 1. The Bertz CT molecular complexity index is 479. The van der Waals surface area contributed by atoms with Gasteiger partial charge in [0.05, 0.1) is 6.61 Å². The van der Waals surface area contributed by atoms with Gasteiger partial charge in [0.15, 0.2) is 0 Å². The molecule has 1 aromatic carbocycles. The van der Waals surface area contributed by atoms with Crippen LogP contribution in [-0.2, 0) is 11.3 Å². The number of carbonyl (C=O) groups is 1. The number of nitrogens with two attached hydrogens (primary N) is 1. The molecule has 0 radical (unpaired) electrons. The zero-order valence-electron chi connectivity index (χ0n) is 12.7. The molecule has 0 aromatic heterocycles. The summed E-state index contributed by atoms with van der Waals surface area (Å²) >= 11 is 0. The van der Waals surface area contributed by atoms with Gasteiger partial charge in [0, 0.05) is 24.1 Å². The summed E-state index contributed by atoms with van der Waals surface area (Å²) in [6.07, 6.45) is 2.66. The van der Waals surface area contributed by atoms with Crippen LogP contribution in [0.2, 0.25) is 0 Å². The maximum Gasteiger partial charge on any atom is 0.223 e. The van der Waals surface area contributed by atoms with Crippen LogP contribution in [-0.4, -0.2) is 18.6 Å². The molecule has 0 spiro atoms. The van der Waals surface area contributed by atoms with E-state index in [1.165, 1.54) is 0 Å². The highest BCUT2D eigenvalue weighted by molar-refractivity contribution is 5.85. The third kappa shape index (κ3) is 4.90. The molecule has 2 unspecified atom stereocenters. The fourth-order valence-corrected chi connectivity index (χ4v) is 2.68. The largest absolute Gasteiger partial charge is 0.494 e. The second-order valence-corrected chi connectivity index (χ2v) is 5.53. The molecular weight excluding hydrogens is 288 g/mol. The Labute approximate surface area is 132 Å². The minimum Gasteiger partial charge on any atom is -0.494 e. The second kappa shape index (κ2) is 8.25. The van der Waals surface area contributed by atoms with Crippen molar-refractivity contribution in [2.24, 2.45) is 11.7 Å². The Morgan fingerprint density at radius 2 is 2.19 bits per heavy atom. The maximum atomic E-state index is 12.1. The van der Waals surface area contributed by atoms with Crippen molar-refractivity contribution in [2.45, 2.75) is 45.7 Å². The molecule has 1 fully saturated rings. The van der Waals surface area contributed by atoms with Crippen LogP contribution >= 0.6 is 12.4 Å². The molecule has 118 valence electrons. The van der Waals surface area contributed by atoms with Crippen molar-refractivity contribution in [3.05, 3.63) is 29.3 Å². The Balaban J connectivity index is 0.00000220. The molecule has 0 saturated heterocycles. The summed E-state index contributed by atoms with van der Waals surface area (Å²) in [6.45, 7) is 5.14. The number of benzene rings is 1. The molecule has 1 aliphatic rings. The van der Waals surface area contributed by atoms with Gasteiger partial charge in [-0.15, -0.1) is 12.4 Å². The predicted octanol–water partition coefficient (Wildman–Crippen LogP) is 2.56. The Morgan fingerprint density at radius 3 is 2.81 bits per heavy atom. The highest BCUT2D eigenvalue weighted by Crippen LogP contribution is 2.25. The van der Waals surface area contributed by atoms with Gasteiger partial charge in [-0.2, -0.15) is 0 Å². The lowest BCUT2D eigenvalue weighted by atomic mass is 10.1. The number of amides is 1. The number of hydrogen-bond donors (Lipinski definition) is 2. The topological polar surface area (TPSA) is 64.3 Å². The van der Waals surface area contributed by atoms with E-state index in [-0.39, 0.29) is 30.3 Å². The maximum absolute atomic E-state index is 12.1. The average Bonchev–Trinajstić information content (AvgIpc) is 2.85. The van der Waals surface area contributed by atoms with Crippen molar-refractivity contribution < 1.29 is 9.53 Å². The van der Waals surface area contributed by atoms with E-state index in [1.807, 2.05) is 32.0 Å². The molecule has 21 heavy (non-hydrogen) atoms. The number of carbonyl (C=O) groups excluding carboxylic acids is 1. The van der Waals surface area contributed by atoms with Gasteiger partial charge in [-0.05, 0) is 44.7 Å².